The van der Waals surface area contributed by atoms with Crippen molar-refractivity contribution in [2.75, 3.05) is 18.8 Å². The van der Waals surface area contributed by atoms with Crippen molar-refractivity contribution in [1.29, 1.82) is 0 Å². The van der Waals surface area contributed by atoms with E-state index in [1.807, 2.05) is 18.3 Å². The molecule has 1 aromatic carbocycles. The lowest BCUT2D eigenvalue weighted by molar-refractivity contribution is 0.201. The fourth-order valence-electron chi connectivity index (χ4n) is 2.82. The van der Waals surface area contributed by atoms with E-state index in [-0.39, 0.29) is 0 Å². The minimum atomic E-state index is 0.603. The third-order valence-corrected chi connectivity index (χ3v) is 4.86. The molecule has 0 amide bonds. The molecule has 1 aliphatic heterocycles. The number of benzene rings is 1. The molecule has 0 saturated carbocycles. The fourth-order valence-corrected chi connectivity index (χ4v) is 3.67. The molecule has 2 N–H and O–H groups in total. The maximum atomic E-state index is 5.96. The molecule has 1 atom stereocenters. The van der Waals surface area contributed by atoms with E-state index in [1.54, 1.807) is 11.3 Å². The number of likely N-dealkylation sites (tertiary alicyclic amines) is 1. The van der Waals surface area contributed by atoms with Crippen molar-refractivity contribution in [3.8, 4) is 0 Å². The lowest BCUT2D eigenvalue weighted by Crippen LogP contribution is -2.33. The van der Waals surface area contributed by atoms with Crippen LogP contribution in [0.4, 0.5) is 5.13 Å². The number of nitrogens with zero attached hydrogens (tertiary/aromatic N) is 2. The fraction of sp³-hybridized carbons (Fsp3) is 0.400. The molecule has 3 nitrogen and oxygen atoms in total. The molecule has 1 aliphatic rings. The minimum Gasteiger partial charge on any atom is -0.375 e. The predicted octanol–water partition coefficient (Wildman–Crippen LogP) is 3.76. The average Bonchev–Trinajstić information content (AvgIpc) is 2.85. The first-order valence-corrected chi connectivity index (χ1v) is 8.08. The smallest absolute Gasteiger partial charge is 0.180 e. The highest BCUT2D eigenvalue weighted by Gasteiger charge is 2.21. The zero-order chi connectivity index (χ0) is 13.9. The van der Waals surface area contributed by atoms with Crippen LogP contribution in [0.5, 0.6) is 0 Å². The van der Waals surface area contributed by atoms with E-state index in [4.69, 9.17) is 17.3 Å². The summed E-state index contributed by atoms with van der Waals surface area (Å²) in [5, 5.41) is 1.47. The second kappa shape index (κ2) is 6.12. The molecule has 1 saturated heterocycles. The van der Waals surface area contributed by atoms with Crippen LogP contribution in [-0.4, -0.2) is 23.0 Å². The molecule has 0 aliphatic carbocycles. The highest BCUT2D eigenvalue weighted by atomic mass is 35.5. The van der Waals surface area contributed by atoms with E-state index in [0.717, 1.165) is 24.7 Å². The van der Waals surface area contributed by atoms with Crippen LogP contribution in [0.25, 0.3) is 0 Å². The Hall–Kier alpha value is -1.10. The number of hydrogen-bond acceptors (Lipinski definition) is 4. The molecule has 2 heterocycles. The summed E-state index contributed by atoms with van der Waals surface area (Å²) in [6.45, 7) is 3.21. The van der Waals surface area contributed by atoms with Gasteiger partial charge in [0.25, 0.3) is 0 Å². The van der Waals surface area contributed by atoms with Gasteiger partial charge in [-0.25, -0.2) is 4.98 Å². The number of hydrogen-bond donors (Lipinski definition) is 1. The standard InChI is InChI=1S/C15H18ClN3S/c16-13-5-3-11(4-6-13)12-2-1-7-19(9-12)10-14-8-18-15(17)20-14/h3-6,8,12H,1-2,7,9-10H2,(H2,17,18)/t12-/m0/s1. The molecule has 2 aromatic rings. The third kappa shape index (κ3) is 3.32. The van der Waals surface area contributed by atoms with Crippen LogP contribution in [0.15, 0.2) is 30.5 Å². The second-order valence-corrected chi connectivity index (χ2v) is 6.87. The number of rotatable bonds is 3. The largest absolute Gasteiger partial charge is 0.375 e. The summed E-state index contributed by atoms with van der Waals surface area (Å²) in [5.74, 6) is 0.603. The zero-order valence-corrected chi connectivity index (χ0v) is 12.8. The van der Waals surface area contributed by atoms with Gasteiger partial charge in [0.2, 0.25) is 0 Å². The van der Waals surface area contributed by atoms with E-state index in [0.29, 0.717) is 11.0 Å². The molecular weight excluding hydrogens is 290 g/mol. The van der Waals surface area contributed by atoms with Gasteiger partial charge in [0, 0.05) is 29.2 Å². The lowest BCUT2D eigenvalue weighted by Gasteiger charge is -2.32. The van der Waals surface area contributed by atoms with Crippen LogP contribution < -0.4 is 5.73 Å². The molecule has 106 valence electrons. The molecule has 0 spiro atoms. The predicted molar refractivity (Wildman–Crippen MR) is 85.2 cm³/mol. The van der Waals surface area contributed by atoms with Crippen LogP contribution in [-0.2, 0) is 6.54 Å². The van der Waals surface area contributed by atoms with Gasteiger partial charge in [-0.05, 0) is 43.0 Å². The number of halogens is 1. The summed E-state index contributed by atoms with van der Waals surface area (Å²) in [4.78, 5) is 7.87. The van der Waals surface area contributed by atoms with Crippen LogP contribution in [0.3, 0.4) is 0 Å². The van der Waals surface area contributed by atoms with Crippen molar-refractivity contribution in [1.82, 2.24) is 9.88 Å². The number of piperidine rings is 1. The zero-order valence-electron chi connectivity index (χ0n) is 11.3. The number of anilines is 1. The van der Waals surface area contributed by atoms with Crippen LogP contribution in [0.1, 0.15) is 29.2 Å². The van der Waals surface area contributed by atoms with Crippen LogP contribution >= 0.6 is 22.9 Å². The summed E-state index contributed by atoms with van der Waals surface area (Å²) in [5.41, 5.74) is 7.08. The summed E-state index contributed by atoms with van der Waals surface area (Å²) in [6, 6.07) is 8.28. The van der Waals surface area contributed by atoms with Gasteiger partial charge in [0.1, 0.15) is 0 Å². The second-order valence-electron chi connectivity index (χ2n) is 5.29. The van der Waals surface area contributed by atoms with Crippen LogP contribution in [0, 0.1) is 0 Å². The molecule has 0 radical (unpaired) electrons. The monoisotopic (exact) mass is 307 g/mol. The Labute approximate surface area is 128 Å². The van der Waals surface area contributed by atoms with Crippen molar-refractivity contribution in [3.05, 3.63) is 45.9 Å². The van der Waals surface area contributed by atoms with Gasteiger partial charge in [-0.2, -0.15) is 0 Å². The van der Waals surface area contributed by atoms with Crippen molar-refractivity contribution in [3.63, 3.8) is 0 Å². The molecule has 3 rings (SSSR count). The summed E-state index contributed by atoms with van der Waals surface area (Å²) < 4.78 is 0. The van der Waals surface area contributed by atoms with E-state index >= 15 is 0 Å². The molecule has 0 bridgehead atoms. The van der Waals surface area contributed by atoms with Gasteiger partial charge < -0.3 is 5.73 Å². The SMILES string of the molecule is Nc1ncc(CN2CCC[C@H](c3ccc(Cl)cc3)C2)s1. The Balaban J connectivity index is 1.65. The Morgan fingerprint density at radius 3 is 2.85 bits per heavy atom. The first-order valence-electron chi connectivity index (χ1n) is 6.89. The van der Waals surface area contributed by atoms with E-state index in [2.05, 4.69) is 22.0 Å². The number of nitrogens with two attached hydrogens (primary N) is 1. The van der Waals surface area contributed by atoms with Crippen molar-refractivity contribution in [2.45, 2.75) is 25.3 Å². The first-order chi connectivity index (χ1) is 9.70. The Morgan fingerprint density at radius 2 is 2.15 bits per heavy atom. The quantitative estimate of drug-likeness (QED) is 0.939. The highest BCUT2D eigenvalue weighted by Crippen LogP contribution is 2.29. The van der Waals surface area contributed by atoms with Crippen molar-refractivity contribution < 1.29 is 0 Å². The normalized spacial score (nSPS) is 20.1. The highest BCUT2D eigenvalue weighted by molar-refractivity contribution is 7.15. The number of nitrogen functional groups attached to an aromatic ring is 1. The van der Waals surface area contributed by atoms with E-state index in [9.17, 15) is 0 Å². The third-order valence-electron chi connectivity index (χ3n) is 3.80. The van der Waals surface area contributed by atoms with E-state index < -0.39 is 0 Å². The molecule has 1 aromatic heterocycles. The van der Waals surface area contributed by atoms with Crippen molar-refractivity contribution >= 4 is 28.1 Å². The van der Waals surface area contributed by atoms with Gasteiger partial charge in [-0.15, -0.1) is 11.3 Å². The summed E-state index contributed by atoms with van der Waals surface area (Å²) in [7, 11) is 0. The number of aromatic nitrogens is 1. The Bertz CT molecular complexity index is 567. The first kappa shape index (κ1) is 13.9. The molecule has 5 heteroatoms. The van der Waals surface area contributed by atoms with Gasteiger partial charge in [0.05, 0.1) is 0 Å². The lowest BCUT2D eigenvalue weighted by atomic mass is 9.91. The summed E-state index contributed by atoms with van der Waals surface area (Å²) >= 11 is 7.55. The van der Waals surface area contributed by atoms with Gasteiger partial charge in [-0.1, -0.05) is 23.7 Å². The van der Waals surface area contributed by atoms with Crippen LogP contribution in [0.2, 0.25) is 5.02 Å². The Kier molecular flexibility index (Phi) is 4.24. The van der Waals surface area contributed by atoms with Gasteiger partial charge in [-0.3, -0.25) is 4.90 Å². The van der Waals surface area contributed by atoms with E-state index in [1.165, 1.54) is 23.3 Å². The van der Waals surface area contributed by atoms with Gasteiger partial charge in [0.15, 0.2) is 5.13 Å². The maximum absolute atomic E-state index is 5.96. The van der Waals surface area contributed by atoms with Gasteiger partial charge >= 0.3 is 0 Å². The topological polar surface area (TPSA) is 42.1 Å². The van der Waals surface area contributed by atoms with Crippen molar-refractivity contribution in [2.24, 2.45) is 0 Å². The Morgan fingerprint density at radius 1 is 1.35 bits per heavy atom. The molecule has 20 heavy (non-hydrogen) atoms. The average molecular weight is 308 g/mol. The minimum absolute atomic E-state index is 0.603. The summed E-state index contributed by atoms with van der Waals surface area (Å²) in [6.07, 6.45) is 4.39. The molecule has 0 unspecified atom stereocenters. The maximum Gasteiger partial charge on any atom is 0.180 e. The molecule has 1 fully saturated rings. The number of thiazole rings is 1. The molecular formula is C15H18ClN3S.